The molecule has 0 fully saturated rings. The molecule has 0 aliphatic carbocycles. The van der Waals surface area contributed by atoms with E-state index in [1.165, 1.54) is 24.3 Å². The second kappa shape index (κ2) is 5.79. The van der Waals surface area contributed by atoms with Gasteiger partial charge in [-0.15, -0.1) is 6.58 Å². The fraction of sp³-hybridized carbons (Fsp3) is 0.167. The lowest BCUT2D eigenvalue weighted by Crippen LogP contribution is -2.44. The Balaban J connectivity index is 2.77. The highest BCUT2D eigenvalue weighted by molar-refractivity contribution is 5.97. The highest BCUT2D eigenvalue weighted by atomic mass is 19.1. The minimum Gasteiger partial charge on any atom is -0.368 e. The number of nitrogens with one attached hydrogen (secondary N) is 1. The molecule has 0 aliphatic heterocycles. The van der Waals surface area contributed by atoms with Gasteiger partial charge in [0.25, 0.3) is 5.91 Å². The normalized spacial score (nSPS) is 11.6. The van der Waals surface area contributed by atoms with Crippen molar-refractivity contribution < 1.29 is 14.0 Å². The van der Waals surface area contributed by atoms with Gasteiger partial charge < -0.3 is 11.1 Å². The van der Waals surface area contributed by atoms with E-state index in [1.807, 2.05) is 0 Å². The van der Waals surface area contributed by atoms with Crippen molar-refractivity contribution in [1.82, 2.24) is 5.32 Å². The van der Waals surface area contributed by atoms with Crippen LogP contribution in [0.1, 0.15) is 16.8 Å². The van der Waals surface area contributed by atoms with Gasteiger partial charge in [-0.1, -0.05) is 12.1 Å². The van der Waals surface area contributed by atoms with Crippen LogP contribution in [0.5, 0.6) is 0 Å². The maximum Gasteiger partial charge on any atom is 0.252 e. The number of halogens is 1. The van der Waals surface area contributed by atoms with Gasteiger partial charge in [-0.25, -0.2) is 4.39 Å². The number of nitrogens with two attached hydrogens (primary N) is 1. The second-order valence-corrected chi connectivity index (χ2v) is 3.46. The fourth-order valence-corrected chi connectivity index (χ4v) is 1.28. The molecule has 0 aliphatic rings. The smallest absolute Gasteiger partial charge is 0.252 e. The standard InChI is InChI=1S/C12H13FN2O2/c1-2-4-10(11(14)16)15-12(17)8-5-3-6-9(13)7-8/h2-3,5-7,10H,1,4H2,(H2,14,16)(H,15,17)/t10-/m1/s1. The van der Waals surface area contributed by atoms with Gasteiger partial charge >= 0.3 is 0 Å². The van der Waals surface area contributed by atoms with Crippen LogP contribution in [0, 0.1) is 5.82 Å². The van der Waals surface area contributed by atoms with Crippen LogP contribution in [0.2, 0.25) is 0 Å². The molecular weight excluding hydrogens is 223 g/mol. The molecule has 0 spiro atoms. The van der Waals surface area contributed by atoms with Crippen molar-refractivity contribution >= 4 is 11.8 Å². The summed E-state index contributed by atoms with van der Waals surface area (Å²) >= 11 is 0. The summed E-state index contributed by atoms with van der Waals surface area (Å²) in [7, 11) is 0. The van der Waals surface area contributed by atoms with Crippen molar-refractivity contribution in [3.8, 4) is 0 Å². The molecule has 3 N–H and O–H groups in total. The molecule has 0 saturated heterocycles. The Bertz CT molecular complexity index is 446. The van der Waals surface area contributed by atoms with Crippen molar-refractivity contribution in [2.75, 3.05) is 0 Å². The summed E-state index contributed by atoms with van der Waals surface area (Å²) in [6, 6.07) is 4.35. The van der Waals surface area contributed by atoms with Crippen molar-refractivity contribution in [3.05, 3.63) is 48.3 Å². The number of carbonyl (C=O) groups excluding carboxylic acids is 2. The van der Waals surface area contributed by atoms with Crippen molar-refractivity contribution in [3.63, 3.8) is 0 Å². The first kappa shape index (κ1) is 12.9. The molecule has 4 nitrogen and oxygen atoms in total. The lowest BCUT2D eigenvalue weighted by atomic mass is 10.1. The molecule has 0 unspecified atom stereocenters. The Labute approximate surface area is 98.3 Å². The second-order valence-electron chi connectivity index (χ2n) is 3.46. The van der Waals surface area contributed by atoms with Crippen LogP contribution in [0.15, 0.2) is 36.9 Å². The Morgan fingerprint density at radius 2 is 2.24 bits per heavy atom. The molecule has 0 aromatic heterocycles. The Kier molecular flexibility index (Phi) is 4.39. The van der Waals surface area contributed by atoms with Crippen LogP contribution in [0.25, 0.3) is 0 Å². The molecule has 0 heterocycles. The van der Waals surface area contributed by atoms with E-state index in [0.717, 1.165) is 6.07 Å². The third-order valence-electron chi connectivity index (χ3n) is 2.14. The Morgan fingerprint density at radius 1 is 1.53 bits per heavy atom. The predicted molar refractivity (Wildman–Crippen MR) is 61.7 cm³/mol. The van der Waals surface area contributed by atoms with E-state index >= 15 is 0 Å². The minimum absolute atomic E-state index is 0.139. The van der Waals surface area contributed by atoms with Crippen LogP contribution in [-0.4, -0.2) is 17.9 Å². The first-order chi connectivity index (χ1) is 8.04. The van der Waals surface area contributed by atoms with Gasteiger partial charge in [-0.05, 0) is 24.6 Å². The molecule has 1 aromatic carbocycles. The Morgan fingerprint density at radius 3 is 2.76 bits per heavy atom. The van der Waals surface area contributed by atoms with Crippen LogP contribution in [0.3, 0.4) is 0 Å². The zero-order valence-electron chi connectivity index (χ0n) is 9.15. The molecule has 0 saturated carbocycles. The van der Waals surface area contributed by atoms with E-state index < -0.39 is 23.7 Å². The van der Waals surface area contributed by atoms with Crippen molar-refractivity contribution in [2.24, 2.45) is 5.73 Å². The van der Waals surface area contributed by atoms with Gasteiger partial charge in [0.1, 0.15) is 11.9 Å². The van der Waals surface area contributed by atoms with Crippen LogP contribution < -0.4 is 11.1 Å². The topological polar surface area (TPSA) is 72.2 Å². The molecule has 0 bridgehead atoms. The number of primary amides is 1. The molecule has 0 radical (unpaired) electrons. The van der Waals surface area contributed by atoms with Crippen molar-refractivity contribution in [2.45, 2.75) is 12.5 Å². The summed E-state index contributed by atoms with van der Waals surface area (Å²) in [5, 5.41) is 2.41. The van der Waals surface area contributed by atoms with Gasteiger partial charge in [0.2, 0.25) is 5.91 Å². The zero-order chi connectivity index (χ0) is 12.8. The number of rotatable bonds is 5. The minimum atomic E-state index is -0.830. The molecule has 1 rings (SSSR count). The molecule has 5 heteroatoms. The average Bonchev–Trinajstić information content (AvgIpc) is 2.28. The van der Waals surface area contributed by atoms with E-state index in [0.29, 0.717) is 0 Å². The first-order valence-electron chi connectivity index (χ1n) is 5.01. The lowest BCUT2D eigenvalue weighted by Gasteiger charge is -2.13. The van der Waals surface area contributed by atoms with Gasteiger partial charge in [0, 0.05) is 5.56 Å². The molecule has 90 valence electrons. The molecule has 2 amide bonds. The van der Waals surface area contributed by atoms with E-state index in [2.05, 4.69) is 11.9 Å². The van der Waals surface area contributed by atoms with Crippen molar-refractivity contribution in [1.29, 1.82) is 0 Å². The van der Waals surface area contributed by atoms with E-state index in [1.54, 1.807) is 0 Å². The fourth-order valence-electron chi connectivity index (χ4n) is 1.28. The van der Waals surface area contributed by atoms with Gasteiger partial charge in [-0.3, -0.25) is 9.59 Å². The van der Waals surface area contributed by atoms with Gasteiger partial charge in [0.05, 0.1) is 0 Å². The van der Waals surface area contributed by atoms with E-state index in [9.17, 15) is 14.0 Å². The first-order valence-corrected chi connectivity index (χ1v) is 5.01. The van der Waals surface area contributed by atoms with E-state index in [-0.39, 0.29) is 12.0 Å². The largest absolute Gasteiger partial charge is 0.368 e. The van der Waals surface area contributed by atoms with E-state index in [4.69, 9.17) is 5.73 Å². The molecule has 1 atom stereocenters. The monoisotopic (exact) mass is 236 g/mol. The lowest BCUT2D eigenvalue weighted by molar-refractivity contribution is -0.119. The number of amides is 2. The van der Waals surface area contributed by atoms with Crippen LogP contribution >= 0.6 is 0 Å². The van der Waals surface area contributed by atoms with Gasteiger partial charge in [0.15, 0.2) is 0 Å². The maximum absolute atomic E-state index is 12.9. The summed E-state index contributed by atoms with van der Waals surface area (Å²) < 4.78 is 12.9. The quantitative estimate of drug-likeness (QED) is 0.748. The number of hydrogen-bond acceptors (Lipinski definition) is 2. The summed E-state index contributed by atoms with van der Waals surface area (Å²) in [4.78, 5) is 22.7. The highest BCUT2D eigenvalue weighted by Gasteiger charge is 2.17. The SMILES string of the molecule is C=CC[C@@H](NC(=O)c1cccc(F)c1)C(N)=O. The number of hydrogen-bond donors (Lipinski definition) is 2. The third kappa shape index (κ3) is 3.71. The zero-order valence-corrected chi connectivity index (χ0v) is 9.15. The molecule has 1 aromatic rings. The molecular formula is C12H13FN2O2. The predicted octanol–water partition coefficient (Wildman–Crippen LogP) is 0.985. The average molecular weight is 236 g/mol. The summed E-state index contributed by atoms with van der Waals surface area (Å²) in [6.07, 6.45) is 1.71. The summed E-state index contributed by atoms with van der Waals surface area (Å²) in [5.74, 6) is -1.72. The number of benzene rings is 1. The van der Waals surface area contributed by atoms with Crippen LogP contribution in [0.4, 0.5) is 4.39 Å². The Hall–Kier alpha value is -2.17. The maximum atomic E-state index is 12.9. The number of carbonyl (C=O) groups is 2. The summed E-state index contributed by atoms with van der Waals surface area (Å²) in [5.41, 5.74) is 5.24. The van der Waals surface area contributed by atoms with Gasteiger partial charge in [-0.2, -0.15) is 0 Å². The van der Waals surface area contributed by atoms with Crippen LogP contribution in [-0.2, 0) is 4.79 Å². The third-order valence-corrected chi connectivity index (χ3v) is 2.14. The summed E-state index contributed by atoms with van der Waals surface area (Å²) in [6.45, 7) is 3.46. The molecule has 17 heavy (non-hydrogen) atoms. The highest BCUT2D eigenvalue weighted by Crippen LogP contribution is 2.04.